The first-order valence-electron chi connectivity index (χ1n) is 8.16. The van der Waals surface area contributed by atoms with Crippen LogP contribution < -0.4 is 0 Å². The Morgan fingerprint density at radius 1 is 1.22 bits per heavy atom. The molecule has 1 rings (SSSR count). The molecule has 0 amide bonds. The van der Waals surface area contributed by atoms with E-state index in [9.17, 15) is 14.7 Å². The van der Waals surface area contributed by atoms with Crippen LogP contribution in [0.15, 0.2) is 18.2 Å². The van der Waals surface area contributed by atoms with E-state index < -0.39 is 12.1 Å². The van der Waals surface area contributed by atoms with Gasteiger partial charge >= 0.3 is 12.1 Å². The maximum Gasteiger partial charge on any atom is 0.508 e. The van der Waals surface area contributed by atoms with E-state index in [-0.39, 0.29) is 12.7 Å². The van der Waals surface area contributed by atoms with Crippen LogP contribution >= 0.6 is 0 Å². The highest BCUT2D eigenvalue weighted by Gasteiger charge is 2.14. The summed E-state index contributed by atoms with van der Waals surface area (Å²) in [4.78, 5) is 22.6. The van der Waals surface area contributed by atoms with Crippen molar-refractivity contribution in [2.75, 3.05) is 6.61 Å². The molecule has 0 fully saturated rings. The Balaban J connectivity index is 2.72. The Morgan fingerprint density at radius 2 is 1.96 bits per heavy atom. The lowest BCUT2D eigenvalue weighted by atomic mass is 9.96. The molecule has 1 aromatic rings. The molecule has 1 unspecified atom stereocenters. The minimum atomic E-state index is -0.930. The Hall–Kier alpha value is -2.04. The van der Waals surface area contributed by atoms with Crippen molar-refractivity contribution in [2.24, 2.45) is 0 Å². The molecule has 0 saturated heterocycles. The van der Waals surface area contributed by atoms with Crippen molar-refractivity contribution in [1.29, 1.82) is 0 Å². The summed E-state index contributed by atoms with van der Waals surface area (Å²) in [6.07, 6.45) is 3.20. The zero-order valence-electron chi connectivity index (χ0n) is 14.1. The fourth-order valence-corrected chi connectivity index (χ4v) is 2.33. The van der Waals surface area contributed by atoms with Gasteiger partial charge in [0.15, 0.2) is 0 Å². The second kappa shape index (κ2) is 9.87. The molecule has 0 radical (unpaired) electrons. The molecular weight excluding hydrogens is 296 g/mol. The fraction of sp³-hybridized carbons (Fsp3) is 0.556. The van der Waals surface area contributed by atoms with E-state index in [1.165, 1.54) is 0 Å². The first-order valence-corrected chi connectivity index (χ1v) is 8.16. The zero-order valence-corrected chi connectivity index (χ0v) is 14.1. The van der Waals surface area contributed by atoms with Crippen LogP contribution in [-0.4, -0.2) is 29.9 Å². The minimum Gasteiger partial charge on any atom is -0.478 e. The molecular formula is C18H26O5. The summed E-state index contributed by atoms with van der Waals surface area (Å²) in [6.45, 7) is 5.89. The largest absolute Gasteiger partial charge is 0.508 e. The predicted molar refractivity (Wildman–Crippen MR) is 87.9 cm³/mol. The summed E-state index contributed by atoms with van der Waals surface area (Å²) in [7, 11) is 0. The summed E-state index contributed by atoms with van der Waals surface area (Å²) < 4.78 is 9.83. The molecule has 1 N–H and O–H groups in total. The molecule has 0 aliphatic carbocycles. The van der Waals surface area contributed by atoms with Gasteiger partial charge in [-0.2, -0.15) is 0 Å². The third-order valence-corrected chi connectivity index (χ3v) is 3.60. The van der Waals surface area contributed by atoms with Gasteiger partial charge in [-0.05, 0) is 56.7 Å². The van der Waals surface area contributed by atoms with Gasteiger partial charge in [0, 0.05) is 0 Å². The summed E-state index contributed by atoms with van der Waals surface area (Å²) >= 11 is 0. The number of hydrogen-bond donors (Lipinski definition) is 1. The number of hydrogen-bond acceptors (Lipinski definition) is 4. The molecule has 0 spiro atoms. The molecule has 5 heteroatoms. The van der Waals surface area contributed by atoms with Gasteiger partial charge < -0.3 is 14.6 Å². The van der Waals surface area contributed by atoms with Crippen LogP contribution in [0.3, 0.4) is 0 Å². The predicted octanol–water partition coefficient (Wildman–Crippen LogP) is 4.22. The van der Waals surface area contributed by atoms with Crippen molar-refractivity contribution in [3.8, 4) is 0 Å². The molecule has 0 aliphatic rings. The van der Waals surface area contributed by atoms with Gasteiger partial charge in [-0.1, -0.05) is 25.5 Å². The van der Waals surface area contributed by atoms with Crippen LogP contribution in [-0.2, 0) is 22.3 Å². The van der Waals surface area contributed by atoms with Crippen molar-refractivity contribution < 1.29 is 24.2 Å². The van der Waals surface area contributed by atoms with Crippen LogP contribution in [0.5, 0.6) is 0 Å². The highest BCUT2D eigenvalue weighted by Crippen LogP contribution is 2.18. The van der Waals surface area contributed by atoms with Gasteiger partial charge in [-0.15, -0.1) is 0 Å². The van der Waals surface area contributed by atoms with Crippen molar-refractivity contribution in [1.82, 2.24) is 0 Å². The average Bonchev–Trinajstić information content (AvgIpc) is 2.50. The number of aromatic carboxylic acids is 1. The first-order chi connectivity index (χ1) is 11.0. The molecule has 0 aromatic heterocycles. The Morgan fingerprint density at radius 3 is 2.57 bits per heavy atom. The molecule has 0 saturated carbocycles. The van der Waals surface area contributed by atoms with Crippen molar-refractivity contribution in [3.05, 3.63) is 34.9 Å². The summed E-state index contributed by atoms with van der Waals surface area (Å²) in [5.41, 5.74) is 2.24. The van der Waals surface area contributed by atoms with Crippen molar-refractivity contribution in [2.45, 2.75) is 59.0 Å². The SMILES string of the molecule is CCCCc1ccc(C(=O)O)c(CCC(C)OC(=O)OCC)c1. The van der Waals surface area contributed by atoms with Crippen molar-refractivity contribution >= 4 is 12.1 Å². The van der Waals surface area contributed by atoms with Crippen molar-refractivity contribution in [3.63, 3.8) is 0 Å². The van der Waals surface area contributed by atoms with Crippen LogP contribution in [0.4, 0.5) is 4.79 Å². The van der Waals surface area contributed by atoms with Gasteiger partial charge in [0.25, 0.3) is 0 Å². The highest BCUT2D eigenvalue weighted by atomic mass is 16.7. The third-order valence-electron chi connectivity index (χ3n) is 3.60. The molecule has 0 heterocycles. The second-order valence-corrected chi connectivity index (χ2v) is 5.55. The normalized spacial score (nSPS) is 11.8. The zero-order chi connectivity index (χ0) is 17.2. The maximum absolute atomic E-state index is 11.3. The monoisotopic (exact) mass is 322 g/mol. The number of aryl methyl sites for hydroxylation is 2. The number of rotatable bonds is 9. The van der Waals surface area contributed by atoms with E-state index in [2.05, 4.69) is 6.92 Å². The van der Waals surface area contributed by atoms with Crippen LogP contribution in [0.1, 0.15) is 61.5 Å². The van der Waals surface area contributed by atoms with Gasteiger partial charge in [0.2, 0.25) is 0 Å². The molecule has 1 atom stereocenters. The average molecular weight is 322 g/mol. The standard InChI is InChI=1S/C18H26O5/c1-4-6-7-14-9-11-16(17(19)20)15(12-14)10-8-13(3)23-18(21)22-5-2/h9,11-13H,4-8,10H2,1-3H3,(H,19,20). The molecule has 5 nitrogen and oxygen atoms in total. The number of benzene rings is 1. The smallest absolute Gasteiger partial charge is 0.478 e. The second-order valence-electron chi connectivity index (χ2n) is 5.55. The molecule has 1 aromatic carbocycles. The lowest BCUT2D eigenvalue weighted by Crippen LogP contribution is -2.17. The van der Waals surface area contributed by atoms with Gasteiger partial charge in [-0.3, -0.25) is 0 Å². The van der Waals surface area contributed by atoms with Gasteiger partial charge in [-0.25, -0.2) is 9.59 Å². The Labute approximate surface area is 137 Å². The number of unbranched alkanes of at least 4 members (excludes halogenated alkanes) is 1. The topological polar surface area (TPSA) is 72.8 Å². The number of carbonyl (C=O) groups excluding carboxylic acids is 1. The summed E-state index contributed by atoms with van der Waals surface area (Å²) in [5.74, 6) is -0.930. The number of ether oxygens (including phenoxy) is 2. The van der Waals surface area contributed by atoms with Crippen LogP contribution in [0.2, 0.25) is 0 Å². The van der Waals surface area contributed by atoms with E-state index in [0.29, 0.717) is 18.4 Å². The van der Waals surface area contributed by atoms with Crippen LogP contribution in [0, 0.1) is 0 Å². The van der Waals surface area contributed by atoms with Crippen LogP contribution in [0.25, 0.3) is 0 Å². The maximum atomic E-state index is 11.3. The Kier molecular flexibility index (Phi) is 8.16. The quantitative estimate of drug-likeness (QED) is 0.689. The minimum absolute atomic E-state index is 0.272. The number of carbonyl (C=O) groups is 2. The Bertz CT molecular complexity index is 524. The van der Waals surface area contributed by atoms with E-state index in [0.717, 1.165) is 30.4 Å². The number of carboxylic acid groups (broad SMARTS) is 1. The summed E-state index contributed by atoms with van der Waals surface area (Å²) in [6, 6.07) is 5.50. The molecule has 0 aliphatic heterocycles. The van der Waals surface area contributed by atoms with Gasteiger partial charge in [0.05, 0.1) is 12.2 Å². The fourth-order valence-electron chi connectivity index (χ4n) is 2.33. The molecule has 0 bridgehead atoms. The number of carboxylic acids is 1. The first kappa shape index (κ1) is 19.0. The molecule has 23 heavy (non-hydrogen) atoms. The highest BCUT2D eigenvalue weighted by molar-refractivity contribution is 5.89. The van der Waals surface area contributed by atoms with Gasteiger partial charge in [0.1, 0.15) is 6.10 Å². The molecule has 128 valence electrons. The van der Waals surface area contributed by atoms with E-state index in [1.54, 1.807) is 19.9 Å². The third kappa shape index (κ3) is 6.72. The van der Waals surface area contributed by atoms with E-state index in [4.69, 9.17) is 9.47 Å². The van der Waals surface area contributed by atoms with E-state index in [1.807, 2.05) is 12.1 Å². The summed E-state index contributed by atoms with van der Waals surface area (Å²) in [5, 5.41) is 9.31. The van der Waals surface area contributed by atoms with E-state index >= 15 is 0 Å². The lowest BCUT2D eigenvalue weighted by Gasteiger charge is -2.14. The lowest BCUT2D eigenvalue weighted by molar-refractivity contribution is 0.0297.